The molecule has 2 aromatic carbocycles. The number of hydrogen-bond acceptors (Lipinski definition) is 4. The number of nitrogens with one attached hydrogen (secondary N) is 1. The maximum absolute atomic E-state index is 5.76. The normalized spacial score (nSPS) is 12.1. The quantitative estimate of drug-likeness (QED) is 0.714. The van der Waals surface area contributed by atoms with E-state index in [9.17, 15) is 0 Å². The zero-order valence-corrected chi connectivity index (χ0v) is 15.8. The van der Waals surface area contributed by atoms with Gasteiger partial charge in [0, 0.05) is 12.6 Å². The molecule has 2 aromatic rings. The molecule has 0 amide bonds. The highest BCUT2D eigenvalue weighted by molar-refractivity contribution is 5.43. The first kappa shape index (κ1) is 19.1. The number of hydrogen-bond donors (Lipinski definition) is 1. The molecule has 4 nitrogen and oxygen atoms in total. The molecule has 0 aliphatic heterocycles. The molecule has 0 heterocycles. The van der Waals surface area contributed by atoms with Crippen molar-refractivity contribution in [3.8, 4) is 17.2 Å². The van der Waals surface area contributed by atoms with Crippen LogP contribution in [0.4, 0.5) is 0 Å². The lowest BCUT2D eigenvalue weighted by molar-refractivity contribution is 0.230. The van der Waals surface area contributed by atoms with Crippen molar-refractivity contribution in [1.82, 2.24) is 5.32 Å². The first-order chi connectivity index (χ1) is 12.0. The van der Waals surface area contributed by atoms with Gasteiger partial charge in [0.25, 0.3) is 0 Å². The Kier molecular flexibility index (Phi) is 7.14. The second kappa shape index (κ2) is 9.33. The van der Waals surface area contributed by atoms with Crippen LogP contribution in [0.2, 0.25) is 0 Å². The SMILES string of the molecule is CCOc1ccc(C(C)NCc2ccc(OC(C)C)c(OC)c2)cc1. The van der Waals surface area contributed by atoms with Crippen molar-refractivity contribution in [3.05, 3.63) is 53.6 Å². The lowest BCUT2D eigenvalue weighted by Crippen LogP contribution is -2.18. The Morgan fingerprint density at radius 1 is 0.960 bits per heavy atom. The van der Waals surface area contributed by atoms with Gasteiger partial charge in [0.15, 0.2) is 11.5 Å². The lowest BCUT2D eigenvalue weighted by atomic mass is 10.1. The zero-order chi connectivity index (χ0) is 18.2. The van der Waals surface area contributed by atoms with E-state index < -0.39 is 0 Å². The fourth-order valence-corrected chi connectivity index (χ4v) is 2.58. The van der Waals surface area contributed by atoms with Gasteiger partial charge in [0.2, 0.25) is 0 Å². The summed E-state index contributed by atoms with van der Waals surface area (Å²) < 4.78 is 16.7. The predicted octanol–water partition coefficient (Wildman–Crippen LogP) is 4.73. The van der Waals surface area contributed by atoms with Crippen LogP contribution in [0.1, 0.15) is 44.9 Å². The van der Waals surface area contributed by atoms with E-state index in [4.69, 9.17) is 14.2 Å². The minimum atomic E-state index is 0.123. The molecule has 0 aliphatic rings. The molecule has 0 bridgehead atoms. The molecule has 0 aliphatic carbocycles. The monoisotopic (exact) mass is 343 g/mol. The van der Waals surface area contributed by atoms with Crippen LogP contribution < -0.4 is 19.5 Å². The van der Waals surface area contributed by atoms with Crippen LogP contribution >= 0.6 is 0 Å². The number of rotatable bonds is 9. The van der Waals surface area contributed by atoms with Crippen LogP contribution in [0.15, 0.2) is 42.5 Å². The van der Waals surface area contributed by atoms with Gasteiger partial charge >= 0.3 is 0 Å². The molecule has 0 fully saturated rings. The summed E-state index contributed by atoms with van der Waals surface area (Å²) in [5, 5.41) is 3.54. The summed E-state index contributed by atoms with van der Waals surface area (Å²) in [4.78, 5) is 0. The standard InChI is InChI=1S/C21H29NO3/c1-6-24-19-10-8-18(9-11-19)16(4)22-14-17-7-12-20(25-15(2)3)21(13-17)23-5/h7-13,15-16,22H,6,14H2,1-5H3. The predicted molar refractivity (Wildman–Crippen MR) is 102 cm³/mol. The van der Waals surface area contributed by atoms with E-state index in [0.717, 1.165) is 29.4 Å². The highest BCUT2D eigenvalue weighted by atomic mass is 16.5. The molecule has 2 rings (SSSR count). The van der Waals surface area contributed by atoms with Crippen LogP contribution in [0, 0.1) is 0 Å². The summed E-state index contributed by atoms with van der Waals surface area (Å²) in [7, 11) is 1.67. The van der Waals surface area contributed by atoms with Crippen LogP contribution in [-0.4, -0.2) is 19.8 Å². The minimum absolute atomic E-state index is 0.123. The number of benzene rings is 2. The van der Waals surface area contributed by atoms with E-state index in [0.29, 0.717) is 6.61 Å². The first-order valence-corrected chi connectivity index (χ1v) is 8.83. The topological polar surface area (TPSA) is 39.7 Å². The van der Waals surface area contributed by atoms with E-state index in [1.165, 1.54) is 5.56 Å². The van der Waals surface area contributed by atoms with Gasteiger partial charge in [-0.1, -0.05) is 18.2 Å². The van der Waals surface area contributed by atoms with Gasteiger partial charge in [-0.15, -0.1) is 0 Å². The molecule has 1 N–H and O–H groups in total. The van der Waals surface area contributed by atoms with E-state index in [1.807, 2.05) is 45.0 Å². The van der Waals surface area contributed by atoms with E-state index in [2.05, 4.69) is 30.4 Å². The van der Waals surface area contributed by atoms with Gasteiger partial charge in [0.1, 0.15) is 5.75 Å². The first-order valence-electron chi connectivity index (χ1n) is 8.83. The summed E-state index contributed by atoms with van der Waals surface area (Å²) in [6, 6.07) is 14.5. The van der Waals surface area contributed by atoms with Crippen LogP contribution in [0.5, 0.6) is 17.2 Å². The highest BCUT2D eigenvalue weighted by Gasteiger charge is 2.09. The minimum Gasteiger partial charge on any atom is -0.494 e. The van der Waals surface area contributed by atoms with Crippen LogP contribution in [-0.2, 0) is 6.54 Å². The average Bonchev–Trinajstić information content (AvgIpc) is 2.61. The Labute approximate surface area is 151 Å². The van der Waals surface area contributed by atoms with Crippen molar-refractivity contribution in [2.45, 2.75) is 46.4 Å². The second-order valence-corrected chi connectivity index (χ2v) is 6.26. The van der Waals surface area contributed by atoms with Crippen molar-refractivity contribution in [2.75, 3.05) is 13.7 Å². The molecular weight excluding hydrogens is 314 g/mol. The van der Waals surface area contributed by atoms with Gasteiger partial charge in [-0.2, -0.15) is 0 Å². The Balaban J connectivity index is 1.97. The molecule has 0 saturated carbocycles. The fourth-order valence-electron chi connectivity index (χ4n) is 2.58. The summed E-state index contributed by atoms with van der Waals surface area (Å²) in [6.07, 6.45) is 0.123. The Morgan fingerprint density at radius 3 is 2.28 bits per heavy atom. The molecule has 25 heavy (non-hydrogen) atoms. The van der Waals surface area contributed by atoms with Gasteiger partial charge in [0.05, 0.1) is 19.8 Å². The molecule has 136 valence electrons. The molecule has 4 heteroatoms. The largest absolute Gasteiger partial charge is 0.494 e. The van der Waals surface area contributed by atoms with E-state index in [-0.39, 0.29) is 12.1 Å². The van der Waals surface area contributed by atoms with Crippen molar-refractivity contribution in [1.29, 1.82) is 0 Å². The van der Waals surface area contributed by atoms with Gasteiger partial charge in [-0.3, -0.25) is 0 Å². The summed E-state index contributed by atoms with van der Waals surface area (Å²) >= 11 is 0. The molecule has 1 atom stereocenters. The van der Waals surface area contributed by atoms with Crippen molar-refractivity contribution in [2.24, 2.45) is 0 Å². The zero-order valence-electron chi connectivity index (χ0n) is 15.8. The second-order valence-electron chi connectivity index (χ2n) is 6.26. The highest BCUT2D eigenvalue weighted by Crippen LogP contribution is 2.29. The molecule has 1 unspecified atom stereocenters. The van der Waals surface area contributed by atoms with Crippen molar-refractivity contribution in [3.63, 3.8) is 0 Å². The number of ether oxygens (including phenoxy) is 3. The maximum Gasteiger partial charge on any atom is 0.161 e. The van der Waals surface area contributed by atoms with Crippen LogP contribution in [0.3, 0.4) is 0 Å². The van der Waals surface area contributed by atoms with Crippen molar-refractivity contribution >= 4 is 0 Å². The third-order valence-electron chi connectivity index (χ3n) is 3.89. The third-order valence-corrected chi connectivity index (χ3v) is 3.89. The molecule has 0 spiro atoms. The van der Waals surface area contributed by atoms with Gasteiger partial charge < -0.3 is 19.5 Å². The lowest BCUT2D eigenvalue weighted by Gasteiger charge is -2.17. The Bertz CT molecular complexity index is 653. The van der Waals surface area contributed by atoms with Crippen LogP contribution in [0.25, 0.3) is 0 Å². The summed E-state index contributed by atoms with van der Waals surface area (Å²) in [5.74, 6) is 2.45. The van der Waals surface area contributed by atoms with Crippen molar-refractivity contribution < 1.29 is 14.2 Å². The van der Waals surface area contributed by atoms with Gasteiger partial charge in [-0.05, 0) is 63.1 Å². The van der Waals surface area contributed by atoms with E-state index >= 15 is 0 Å². The Morgan fingerprint density at radius 2 is 1.68 bits per heavy atom. The fraction of sp³-hybridized carbons (Fsp3) is 0.429. The average molecular weight is 343 g/mol. The van der Waals surface area contributed by atoms with E-state index in [1.54, 1.807) is 7.11 Å². The molecular formula is C21H29NO3. The van der Waals surface area contributed by atoms with Gasteiger partial charge in [-0.25, -0.2) is 0 Å². The maximum atomic E-state index is 5.76. The summed E-state index contributed by atoms with van der Waals surface area (Å²) in [6.45, 7) is 9.60. The number of methoxy groups -OCH3 is 1. The molecule has 0 aromatic heterocycles. The summed E-state index contributed by atoms with van der Waals surface area (Å²) in [5.41, 5.74) is 2.39. The molecule has 0 saturated heterocycles. The molecule has 0 radical (unpaired) electrons. The Hall–Kier alpha value is -2.20. The third kappa shape index (κ3) is 5.68. The smallest absolute Gasteiger partial charge is 0.161 e.